The second-order valence-electron chi connectivity index (χ2n) is 4.24. The molecule has 1 N–H and O–H groups in total. The maximum atomic E-state index is 11.8. The Morgan fingerprint density at radius 3 is 2.83 bits per heavy atom. The molecule has 1 heterocycles. The van der Waals surface area contributed by atoms with Gasteiger partial charge in [-0.15, -0.1) is 0 Å². The molecule has 0 aromatic heterocycles. The lowest BCUT2D eigenvalue weighted by Gasteiger charge is -2.31. The van der Waals surface area contributed by atoms with Crippen LogP contribution in [0.1, 0.15) is 25.3 Å². The zero-order chi connectivity index (χ0) is 13.2. The standard InChI is InChI=1S/C13H13N3O2/c1-10-9-13(18,11-5-3-2-4-6-11)16(15-10)12(17)7-8-14/h2-6,18H,7,9H2,1H3/t13-/m0/s1. The lowest BCUT2D eigenvalue weighted by atomic mass is 9.97. The number of nitriles is 1. The van der Waals surface area contributed by atoms with Crippen LogP contribution in [0.2, 0.25) is 0 Å². The minimum atomic E-state index is -1.47. The van der Waals surface area contributed by atoms with Crippen LogP contribution in [-0.4, -0.2) is 21.7 Å². The molecule has 1 aromatic rings. The van der Waals surface area contributed by atoms with E-state index < -0.39 is 11.6 Å². The Hall–Kier alpha value is -2.19. The molecule has 0 aliphatic carbocycles. The molecule has 1 atom stereocenters. The third kappa shape index (κ3) is 1.98. The quantitative estimate of drug-likeness (QED) is 0.851. The van der Waals surface area contributed by atoms with Crippen LogP contribution in [0.4, 0.5) is 0 Å². The van der Waals surface area contributed by atoms with Crippen LogP contribution < -0.4 is 0 Å². The average Bonchev–Trinajstić information content (AvgIpc) is 2.68. The van der Waals surface area contributed by atoms with E-state index in [1.54, 1.807) is 37.3 Å². The maximum Gasteiger partial charge on any atom is 0.259 e. The van der Waals surface area contributed by atoms with Crippen molar-refractivity contribution in [3.05, 3.63) is 35.9 Å². The van der Waals surface area contributed by atoms with Crippen LogP contribution in [0.15, 0.2) is 35.4 Å². The van der Waals surface area contributed by atoms with Crippen molar-refractivity contribution in [2.45, 2.75) is 25.5 Å². The summed E-state index contributed by atoms with van der Waals surface area (Å²) in [6, 6.07) is 10.7. The minimum absolute atomic E-state index is 0.258. The fourth-order valence-electron chi connectivity index (χ4n) is 2.05. The highest BCUT2D eigenvalue weighted by molar-refractivity contribution is 5.89. The van der Waals surface area contributed by atoms with Crippen molar-refractivity contribution in [1.29, 1.82) is 5.26 Å². The van der Waals surface area contributed by atoms with Crippen LogP contribution in [0.3, 0.4) is 0 Å². The molecule has 0 radical (unpaired) electrons. The van der Waals surface area contributed by atoms with Gasteiger partial charge in [0.2, 0.25) is 0 Å². The molecule has 18 heavy (non-hydrogen) atoms. The Morgan fingerprint density at radius 2 is 2.22 bits per heavy atom. The molecule has 5 nitrogen and oxygen atoms in total. The highest BCUT2D eigenvalue weighted by Gasteiger charge is 2.44. The summed E-state index contributed by atoms with van der Waals surface area (Å²) in [6.07, 6.45) is -0.0416. The Kier molecular flexibility index (Phi) is 3.13. The monoisotopic (exact) mass is 243 g/mol. The summed E-state index contributed by atoms with van der Waals surface area (Å²) in [5.74, 6) is -0.499. The summed E-state index contributed by atoms with van der Waals surface area (Å²) >= 11 is 0. The van der Waals surface area contributed by atoms with Gasteiger partial charge in [-0.3, -0.25) is 4.79 Å². The molecule has 1 aromatic carbocycles. The Morgan fingerprint density at radius 1 is 1.56 bits per heavy atom. The van der Waals surface area contributed by atoms with Crippen molar-refractivity contribution in [3.8, 4) is 6.07 Å². The highest BCUT2D eigenvalue weighted by Crippen LogP contribution is 2.35. The molecular formula is C13H13N3O2. The van der Waals surface area contributed by atoms with Crippen LogP contribution in [-0.2, 0) is 10.5 Å². The van der Waals surface area contributed by atoms with Crippen molar-refractivity contribution in [3.63, 3.8) is 0 Å². The molecule has 0 saturated heterocycles. The molecular weight excluding hydrogens is 230 g/mol. The van der Waals surface area contributed by atoms with Crippen molar-refractivity contribution in [2.75, 3.05) is 0 Å². The molecule has 2 rings (SSSR count). The van der Waals surface area contributed by atoms with Gasteiger partial charge in [0.05, 0.1) is 6.07 Å². The second kappa shape index (κ2) is 4.59. The number of carbonyl (C=O) groups excluding carboxylic acids is 1. The first-order valence-corrected chi connectivity index (χ1v) is 5.60. The molecule has 0 bridgehead atoms. The average molecular weight is 243 g/mol. The van der Waals surface area contributed by atoms with Gasteiger partial charge in [-0.05, 0) is 6.92 Å². The predicted molar refractivity (Wildman–Crippen MR) is 65.1 cm³/mol. The molecule has 0 saturated carbocycles. The molecule has 92 valence electrons. The molecule has 0 spiro atoms. The zero-order valence-electron chi connectivity index (χ0n) is 10.00. The maximum absolute atomic E-state index is 11.8. The van der Waals surface area contributed by atoms with Crippen LogP contribution in [0, 0.1) is 11.3 Å². The summed E-state index contributed by atoms with van der Waals surface area (Å²) < 4.78 is 0. The smallest absolute Gasteiger partial charge is 0.259 e. The number of aliphatic hydroxyl groups is 1. The topological polar surface area (TPSA) is 76.7 Å². The van der Waals surface area contributed by atoms with Gasteiger partial charge in [-0.2, -0.15) is 15.4 Å². The number of nitrogens with zero attached hydrogens (tertiary/aromatic N) is 3. The fourth-order valence-corrected chi connectivity index (χ4v) is 2.05. The largest absolute Gasteiger partial charge is 0.365 e. The van der Waals surface area contributed by atoms with Gasteiger partial charge in [-0.25, -0.2) is 0 Å². The molecule has 1 aliphatic heterocycles. The van der Waals surface area contributed by atoms with Crippen LogP contribution in [0.5, 0.6) is 0 Å². The number of amides is 1. The van der Waals surface area contributed by atoms with Crippen molar-refractivity contribution < 1.29 is 9.90 Å². The fraction of sp³-hybridized carbons (Fsp3) is 0.308. The van der Waals surface area contributed by atoms with E-state index in [4.69, 9.17) is 5.26 Å². The summed E-state index contributed by atoms with van der Waals surface area (Å²) in [5.41, 5.74) is -0.219. The van der Waals surface area contributed by atoms with Gasteiger partial charge in [0.1, 0.15) is 6.42 Å². The molecule has 5 heteroatoms. The van der Waals surface area contributed by atoms with Crippen molar-refractivity contribution >= 4 is 11.6 Å². The third-order valence-corrected chi connectivity index (χ3v) is 2.83. The number of carbonyl (C=O) groups is 1. The predicted octanol–water partition coefficient (Wildman–Crippen LogP) is 1.35. The number of hydrazone groups is 1. The number of hydrogen-bond acceptors (Lipinski definition) is 4. The van der Waals surface area contributed by atoms with E-state index in [1.807, 2.05) is 6.07 Å². The minimum Gasteiger partial charge on any atom is -0.365 e. The van der Waals surface area contributed by atoms with E-state index in [0.717, 1.165) is 5.01 Å². The third-order valence-electron chi connectivity index (χ3n) is 2.83. The zero-order valence-corrected chi connectivity index (χ0v) is 10.00. The highest BCUT2D eigenvalue weighted by atomic mass is 16.3. The van der Waals surface area contributed by atoms with Crippen molar-refractivity contribution in [2.24, 2.45) is 5.10 Å². The first kappa shape index (κ1) is 12.3. The number of benzene rings is 1. The normalized spacial score (nSPS) is 22.5. The van der Waals surface area contributed by atoms with Gasteiger partial charge in [0.15, 0.2) is 5.72 Å². The van der Waals surface area contributed by atoms with E-state index in [2.05, 4.69) is 5.10 Å². The van der Waals surface area contributed by atoms with Gasteiger partial charge < -0.3 is 5.11 Å². The summed E-state index contributed by atoms with van der Waals surface area (Å²) in [7, 11) is 0. The van der Waals surface area contributed by atoms with E-state index in [-0.39, 0.29) is 12.8 Å². The Bertz CT molecular complexity index is 533. The summed E-state index contributed by atoms with van der Waals surface area (Å²) in [6.45, 7) is 1.74. The van der Waals surface area contributed by atoms with Crippen LogP contribution in [0.25, 0.3) is 0 Å². The second-order valence-corrected chi connectivity index (χ2v) is 4.24. The summed E-state index contributed by atoms with van der Waals surface area (Å²) in [5, 5.41) is 24.3. The van der Waals surface area contributed by atoms with E-state index in [9.17, 15) is 9.90 Å². The van der Waals surface area contributed by atoms with Gasteiger partial charge in [-0.1, -0.05) is 30.3 Å². The number of hydrogen-bond donors (Lipinski definition) is 1. The number of rotatable bonds is 2. The Balaban J connectivity index is 2.38. The molecule has 1 amide bonds. The van der Waals surface area contributed by atoms with Gasteiger partial charge >= 0.3 is 0 Å². The molecule has 0 fully saturated rings. The van der Waals surface area contributed by atoms with E-state index in [0.29, 0.717) is 11.3 Å². The van der Waals surface area contributed by atoms with Crippen molar-refractivity contribution in [1.82, 2.24) is 5.01 Å². The van der Waals surface area contributed by atoms with E-state index >= 15 is 0 Å². The molecule has 1 aliphatic rings. The summed E-state index contributed by atoms with van der Waals surface area (Å²) in [4.78, 5) is 11.8. The first-order chi connectivity index (χ1) is 8.58. The Labute approximate surface area is 105 Å². The van der Waals surface area contributed by atoms with E-state index in [1.165, 1.54) is 0 Å². The first-order valence-electron chi connectivity index (χ1n) is 5.60. The lowest BCUT2D eigenvalue weighted by Crippen LogP contribution is -2.43. The SMILES string of the molecule is CC1=NN(C(=O)CC#N)[C@@](O)(c2ccccc2)C1. The lowest BCUT2D eigenvalue weighted by molar-refractivity contribution is -0.156. The molecule has 0 unspecified atom stereocenters. The van der Waals surface area contributed by atoms with Crippen LogP contribution >= 0.6 is 0 Å². The van der Waals surface area contributed by atoms with Gasteiger partial charge in [0.25, 0.3) is 5.91 Å². The van der Waals surface area contributed by atoms with Gasteiger partial charge in [0, 0.05) is 17.7 Å².